The second-order valence-electron chi connectivity index (χ2n) is 6.52. The fourth-order valence-corrected chi connectivity index (χ4v) is 3.54. The lowest BCUT2D eigenvalue weighted by molar-refractivity contribution is 0.280. The molecule has 4 rings (SSSR count). The van der Waals surface area contributed by atoms with Gasteiger partial charge in [-0.2, -0.15) is 0 Å². The third-order valence-corrected chi connectivity index (χ3v) is 5.17. The number of hydrogen-bond donors (Lipinski definition) is 0. The first-order valence-electron chi connectivity index (χ1n) is 9.41. The second kappa shape index (κ2) is 9.21. The van der Waals surface area contributed by atoms with E-state index in [1.165, 1.54) is 0 Å². The molecule has 6 heteroatoms. The Bertz CT molecular complexity index is 1110. The maximum absolute atomic E-state index is 6.20. The van der Waals surface area contributed by atoms with Gasteiger partial charge in [-0.05, 0) is 42.8 Å². The molecule has 0 saturated carbocycles. The average molecular weight is 427 g/mol. The first kappa shape index (κ1) is 19.6. The highest BCUT2D eigenvalue weighted by molar-refractivity contribution is 6.32. The van der Waals surface area contributed by atoms with E-state index in [-0.39, 0.29) is 0 Å². The Balaban J connectivity index is 1.46. The summed E-state index contributed by atoms with van der Waals surface area (Å²) in [6.07, 6.45) is 0.810. The Morgan fingerprint density at radius 2 is 1.38 bits per heavy atom. The molecule has 3 aromatic carbocycles. The number of nitrogens with zero attached hydrogens (tertiary/aromatic N) is 2. The van der Waals surface area contributed by atoms with Crippen molar-refractivity contribution < 1.29 is 9.47 Å². The molecule has 1 aromatic heterocycles. The van der Waals surface area contributed by atoms with Crippen LogP contribution in [0.15, 0.2) is 72.8 Å². The van der Waals surface area contributed by atoms with Gasteiger partial charge in [0.1, 0.15) is 23.9 Å². The van der Waals surface area contributed by atoms with Gasteiger partial charge in [0.2, 0.25) is 0 Å². The van der Waals surface area contributed by atoms with E-state index in [2.05, 4.69) is 10.6 Å². The van der Waals surface area contributed by atoms with Crippen molar-refractivity contribution in [2.75, 3.05) is 6.61 Å². The molecule has 0 spiro atoms. The van der Waals surface area contributed by atoms with Gasteiger partial charge in [-0.3, -0.25) is 0 Å². The lowest BCUT2D eigenvalue weighted by Crippen LogP contribution is -2.10. The average Bonchev–Trinajstić information content (AvgIpc) is 3.09. The first-order chi connectivity index (χ1) is 14.2. The van der Waals surface area contributed by atoms with Crippen LogP contribution in [-0.2, 0) is 13.2 Å². The predicted molar refractivity (Wildman–Crippen MR) is 117 cm³/mol. The molecule has 0 fully saturated rings. The first-order valence-corrected chi connectivity index (χ1v) is 10.2. The number of fused-ring (bicyclic) bond motifs is 1. The number of ether oxygens (including phenoxy) is 2. The standard InChI is InChI=1S/C23H20Cl2N2O2/c24-17-8-1-5-12-21(17)28-15-7-14-27-20-11-4-3-10-19(20)26-23(27)16-29-22-13-6-2-9-18(22)25/h1-6,8-13H,7,14-16H2. The van der Waals surface area contributed by atoms with Crippen molar-refractivity contribution in [2.45, 2.75) is 19.6 Å². The van der Waals surface area contributed by atoms with E-state index >= 15 is 0 Å². The Morgan fingerprint density at radius 1 is 0.759 bits per heavy atom. The van der Waals surface area contributed by atoms with Gasteiger partial charge in [0, 0.05) is 6.54 Å². The van der Waals surface area contributed by atoms with Crippen LogP contribution in [0, 0.1) is 0 Å². The van der Waals surface area contributed by atoms with Crippen LogP contribution in [0.4, 0.5) is 0 Å². The number of imidazole rings is 1. The number of para-hydroxylation sites is 4. The van der Waals surface area contributed by atoms with Gasteiger partial charge in [-0.25, -0.2) is 4.98 Å². The summed E-state index contributed by atoms with van der Waals surface area (Å²) in [7, 11) is 0. The lowest BCUT2D eigenvalue weighted by Gasteiger charge is -2.12. The zero-order valence-corrected chi connectivity index (χ0v) is 17.2. The molecule has 148 valence electrons. The Kier molecular flexibility index (Phi) is 6.23. The molecule has 0 amide bonds. The fourth-order valence-electron chi connectivity index (χ4n) is 3.16. The Labute approximate surface area is 179 Å². The normalized spacial score (nSPS) is 11.0. The summed E-state index contributed by atoms with van der Waals surface area (Å²) in [5.74, 6) is 2.20. The fraction of sp³-hybridized carbons (Fsp3) is 0.174. The SMILES string of the molecule is Clc1ccccc1OCCCn1c(COc2ccccc2Cl)nc2ccccc21. The van der Waals surface area contributed by atoms with Gasteiger partial charge in [-0.1, -0.05) is 59.6 Å². The smallest absolute Gasteiger partial charge is 0.148 e. The van der Waals surface area contributed by atoms with Crippen molar-refractivity contribution in [3.05, 3.63) is 88.7 Å². The van der Waals surface area contributed by atoms with E-state index in [0.29, 0.717) is 34.8 Å². The van der Waals surface area contributed by atoms with Crippen LogP contribution in [-0.4, -0.2) is 16.2 Å². The van der Waals surface area contributed by atoms with Crippen molar-refractivity contribution in [1.29, 1.82) is 0 Å². The number of hydrogen-bond acceptors (Lipinski definition) is 3. The predicted octanol–water partition coefficient (Wildman–Crippen LogP) is 6.39. The molecular weight excluding hydrogens is 407 g/mol. The van der Waals surface area contributed by atoms with Gasteiger partial charge in [-0.15, -0.1) is 0 Å². The molecule has 0 aliphatic heterocycles. The molecule has 0 aliphatic carbocycles. The summed E-state index contributed by atoms with van der Waals surface area (Å²) in [6.45, 7) is 1.65. The molecular formula is C23H20Cl2N2O2. The van der Waals surface area contributed by atoms with Crippen LogP contribution < -0.4 is 9.47 Å². The van der Waals surface area contributed by atoms with Crippen molar-refractivity contribution in [1.82, 2.24) is 9.55 Å². The molecule has 0 atom stereocenters. The topological polar surface area (TPSA) is 36.3 Å². The maximum Gasteiger partial charge on any atom is 0.148 e. The largest absolute Gasteiger partial charge is 0.492 e. The van der Waals surface area contributed by atoms with E-state index < -0.39 is 0 Å². The second-order valence-corrected chi connectivity index (χ2v) is 7.33. The van der Waals surface area contributed by atoms with Crippen molar-refractivity contribution in [3.63, 3.8) is 0 Å². The minimum absolute atomic E-state index is 0.337. The number of benzene rings is 3. The van der Waals surface area contributed by atoms with E-state index in [0.717, 1.165) is 29.8 Å². The minimum atomic E-state index is 0.337. The van der Waals surface area contributed by atoms with Crippen molar-refractivity contribution in [2.24, 2.45) is 0 Å². The number of halogens is 2. The van der Waals surface area contributed by atoms with E-state index in [4.69, 9.17) is 37.7 Å². The summed E-state index contributed by atoms with van der Waals surface area (Å²) >= 11 is 12.4. The van der Waals surface area contributed by atoms with Gasteiger partial charge in [0.15, 0.2) is 0 Å². The van der Waals surface area contributed by atoms with Gasteiger partial charge in [0.25, 0.3) is 0 Å². The van der Waals surface area contributed by atoms with Gasteiger partial charge < -0.3 is 14.0 Å². The zero-order chi connectivity index (χ0) is 20.1. The van der Waals surface area contributed by atoms with Gasteiger partial charge in [0.05, 0.1) is 27.7 Å². The number of aromatic nitrogens is 2. The summed E-state index contributed by atoms with van der Waals surface area (Å²) in [4.78, 5) is 4.74. The van der Waals surface area contributed by atoms with Crippen molar-refractivity contribution >= 4 is 34.2 Å². The van der Waals surface area contributed by atoms with E-state index in [1.807, 2.05) is 66.7 Å². The van der Waals surface area contributed by atoms with E-state index in [9.17, 15) is 0 Å². The number of aryl methyl sites for hydroxylation is 1. The lowest BCUT2D eigenvalue weighted by atomic mass is 10.3. The third-order valence-electron chi connectivity index (χ3n) is 4.55. The van der Waals surface area contributed by atoms with Crippen LogP contribution in [0.25, 0.3) is 11.0 Å². The molecule has 0 saturated heterocycles. The van der Waals surface area contributed by atoms with E-state index in [1.54, 1.807) is 0 Å². The molecule has 4 aromatic rings. The minimum Gasteiger partial charge on any atom is -0.492 e. The summed E-state index contributed by atoms with van der Waals surface area (Å²) in [5, 5.41) is 1.21. The molecule has 0 N–H and O–H groups in total. The Hall–Kier alpha value is -2.69. The number of rotatable bonds is 8. The highest BCUT2D eigenvalue weighted by Gasteiger charge is 2.12. The highest BCUT2D eigenvalue weighted by Crippen LogP contribution is 2.26. The van der Waals surface area contributed by atoms with Crippen LogP contribution in [0.5, 0.6) is 11.5 Å². The third kappa shape index (κ3) is 4.66. The highest BCUT2D eigenvalue weighted by atomic mass is 35.5. The molecule has 0 unspecified atom stereocenters. The summed E-state index contributed by atoms with van der Waals surface area (Å²) < 4.78 is 13.9. The molecule has 0 aliphatic rings. The quantitative estimate of drug-likeness (QED) is 0.306. The molecule has 29 heavy (non-hydrogen) atoms. The van der Waals surface area contributed by atoms with Crippen LogP contribution in [0.1, 0.15) is 12.2 Å². The van der Waals surface area contributed by atoms with Crippen LogP contribution >= 0.6 is 23.2 Å². The van der Waals surface area contributed by atoms with Crippen molar-refractivity contribution in [3.8, 4) is 11.5 Å². The molecule has 4 nitrogen and oxygen atoms in total. The zero-order valence-electron chi connectivity index (χ0n) is 15.7. The Morgan fingerprint density at radius 3 is 2.10 bits per heavy atom. The van der Waals surface area contributed by atoms with Crippen LogP contribution in [0.2, 0.25) is 10.0 Å². The van der Waals surface area contributed by atoms with Gasteiger partial charge >= 0.3 is 0 Å². The summed E-state index contributed by atoms with van der Waals surface area (Å²) in [5.41, 5.74) is 2.01. The molecule has 0 radical (unpaired) electrons. The van der Waals surface area contributed by atoms with Crippen LogP contribution in [0.3, 0.4) is 0 Å². The maximum atomic E-state index is 6.20. The summed E-state index contributed by atoms with van der Waals surface area (Å²) in [6, 6.07) is 23.0. The monoisotopic (exact) mass is 426 g/mol. The molecule has 1 heterocycles. The molecule has 0 bridgehead atoms.